The molecule has 1 saturated heterocycles. The maximum Gasteiger partial charge on any atom is 0.433 e. The van der Waals surface area contributed by atoms with Crippen LogP contribution in [-0.4, -0.2) is 34.2 Å². The predicted octanol–water partition coefficient (Wildman–Crippen LogP) is 3.93. The van der Waals surface area contributed by atoms with Crippen molar-refractivity contribution < 1.29 is 27.4 Å². The number of nitrogens with zero attached hydrogens (tertiary/aromatic N) is 2. The fourth-order valence-corrected chi connectivity index (χ4v) is 3.05. The van der Waals surface area contributed by atoms with Gasteiger partial charge in [-0.1, -0.05) is 0 Å². The largest absolute Gasteiger partial charge is 0.472 e. The molecule has 0 spiro atoms. The maximum absolute atomic E-state index is 12.8. The van der Waals surface area contributed by atoms with Crippen molar-refractivity contribution in [1.82, 2.24) is 9.88 Å². The highest BCUT2D eigenvalue weighted by atomic mass is 19.4. The van der Waals surface area contributed by atoms with Crippen molar-refractivity contribution in [2.75, 3.05) is 6.54 Å². The molecule has 1 aromatic rings. The molecule has 132 valence electrons. The lowest BCUT2D eigenvalue weighted by molar-refractivity contribution is -0.141. The molecule has 2 aliphatic rings. The molecule has 3 rings (SSSR count). The highest BCUT2D eigenvalue weighted by Gasteiger charge is 2.46. The standard InChI is InChI=1S/C16H19F3N2O3/c1-15(2,3)24-14(22)21-8-4-5-10-12(21)9-6-7-11(16(17,18)19)20-13(9)23-10/h6-7,10,12H,4-5,8H2,1-3H3/t10-,12-/m1/s1. The third-order valence-corrected chi connectivity index (χ3v) is 3.97. The van der Waals surface area contributed by atoms with Crippen molar-refractivity contribution in [1.29, 1.82) is 0 Å². The number of alkyl halides is 3. The number of pyridine rings is 1. The van der Waals surface area contributed by atoms with Crippen molar-refractivity contribution in [2.45, 2.75) is 57.5 Å². The van der Waals surface area contributed by atoms with Crippen LogP contribution in [0.5, 0.6) is 5.88 Å². The molecule has 0 bridgehead atoms. The first-order valence-electron chi connectivity index (χ1n) is 7.81. The van der Waals surface area contributed by atoms with E-state index in [2.05, 4.69) is 4.98 Å². The Morgan fingerprint density at radius 1 is 1.33 bits per heavy atom. The Kier molecular flexibility index (Phi) is 3.88. The number of piperidine rings is 1. The van der Waals surface area contributed by atoms with Crippen LogP contribution in [0.4, 0.5) is 18.0 Å². The Hall–Kier alpha value is -1.99. The molecule has 1 fully saturated rings. The van der Waals surface area contributed by atoms with Gasteiger partial charge in [-0.25, -0.2) is 9.78 Å². The van der Waals surface area contributed by atoms with Gasteiger partial charge in [-0.05, 0) is 45.7 Å². The summed E-state index contributed by atoms with van der Waals surface area (Å²) in [6, 6.07) is 1.81. The third kappa shape index (κ3) is 3.14. The van der Waals surface area contributed by atoms with Crippen LogP contribution in [0.1, 0.15) is 50.9 Å². The highest BCUT2D eigenvalue weighted by Crippen LogP contribution is 2.45. The Morgan fingerprint density at radius 3 is 2.67 bits per heavy atom. The number of amides is 1. The van der Waals surface area contributed by atoms with E-state index in [9.17, 15) is 18.0 Å². The molecule has 1 aromatic heterocycles. The number of carbonyl (C=O) groups excluding carboxylic acids is 1. The number of fused-ring (bicyclic) bond motifs is 3. The molecule has 3 heterocycles. The molecule has 0 radical (unpaired) electrons. The van der Waals surface area contributed by atoms with Gasteiger partial charge in [0.25, 0.3) is 0 Å². The Labute approximate surface area is 137 Å². The number of aromatic nitrogens is 1. The molecule has 0 aromatic carbocycles. The van der Waals surface area contributed by atoms with Crippen molar-refractivity contribution in [2.24, 2.45) is 0 Å². The average Bonchev–Trinajstić information content (AvgIpc) is 2.81. The number of carbonyl (C=O) groups is 1. The van der Waals surface area contributed by atoms with E-state index in [1.807, 2.05) is 0 Å². The summed E-state index contributed by atoms with van der Waals surface area (Å²) in [6.45, 7) is 5.77. The van der Waals surface area contributed by atoms with Crippen LogP contribution in [0.3, 0.4) is 0 Å². The fraction of sp³-hybridized carbons (Fsp3) is 0.625. The van der Waals surface area contributed by atoms with Gasteiger partial charge in [-0.3, -0.25) is 4.90 Å². The molecule has 2 aliphatic heterocycles. The van der Waals surface area contributed by atoms with E-state index in [4.69, 9.17) is 9.47 Å². The zero-order valence-electron chi connectivity index (χ0n) is 13.7. The Bertz CT molecular complexity index is 655. The first-order valence-corrected chi connectivity index (χ1v) is 7.81. The van der Waals surface area contributed by atoms with E-state index in [1.54, 1.807) is 20.8 Å². The monoisotopic (exact) mass is 344 g/mol. The zero-order chi connectivity index (χ0) is 17.7. The number of likely N-dealkylation sites (tertiary alicyclic amines) is 1. The van der Waals surface area contributed by atoms with Crippen molar-refractivity contribution in [3.05, 3.63) is 23.4 Å². The zero-order valence-corrected chi connectivity index (χ0v) is 13.7. The minimum Gasteiger partial charge on any atom is -0.472 e. The molecule has 2 atom stereocenters. The van der Waals surface area contributed by atoms with Crippen LogP contribution in [0.15, 0.2) is 12.1 Å². The van der Waals surface area contributed by atoms with Crippen LogP contribution in [0.25, 0.3) is 0 Å². The second-order valence-corrected chi connectivity index (χ2v) is 7.01. The van der Waals surface area contributed by atoms with E-state index in [0.29, 0.717) is 24.9 Å². The van der Waals surface area contributed by atoms with Crippen LogP contribution in [0, 0.1) is 0 Å². The van der Waals surface area contributed by atoms with Crippen LogP contribution < -0.4 is 4.74 Å². The van der Waals surface area contributed by atoms with Gasteiger partial charge in [0.2, 0.25) is 5.88 Å². The second kappa shape index (κ2) is 5.53. The Morgan fingerprint density at radius 2 is 2.04 bits per heavy atom. The van der Waals surface area contributed by atoms with E-state index in [1.165, 1.54) is 11.0 Å². The number of hydrogen-bond acceptors (Lipinski definition) is 4. The molecule has 1 amide bonds. The van der Waals surface area contributed by atoms with Crippen LogP contribution >= 0.6 is 0 Å². The van der Waals surface area contributed by atoms with E-state index in [-0.39, 0.29) is 5.88 Å². The summed E-state index contributed by atoms with van der Waals surface area (Å²) >= 11 is 0. The molecular weight excluding hydrogens is 325 g/mol. The van der Waals surface area contributed by atoms with Gasteiger partial charge in [0.1, 0.15) is 23.4 Å². The van der Waals surface area contributed by atoms with Gasteiger partial charge in [-0.15, -0.1) is 0 Å². The van der Waals surface area contributed by atoms with Crippen molar-refractivity contribution in [3.8, 4) is 5.88 Å². The summed E-state index contributed by atoms with van der Waals surface area (Å²) in [4.78, 5) is 17.6. The fourth-order valence-electron chi connectivity index (χ4n) is 3.05. The number of ether oxygens (including phenoxy) is 2. The molecule has 8 heteroatoms. The van der Waals surface area contributed by atoms with Gasteiger partial charge in [-0.2, -0.15) is 13.2 Å². The third-order valence-electron chi connectivity index (χ3n) is 3.97. The summed E-state index contributed by atoms with van der Waals surface area (Å²) in [5.74, 6) is -0.0460. The lowest BCUT2D eigenvalue weighted by Gasteiger charge is -2.37. The van der Waals surface area contributed by atoms with Gasteiger partial charge < -0.3 is 9.47 Å². The van der Waals surface area contributed by atoms with Crippen LogP contribution in [0.2, 0.25) is 0 Å². The topological polar surface area (TPSA) is 51.7 Å². The van der Waals surface area contributed by atoms with Crippen molar-refractivity contribution >= 4 is 6.09 Å². The maximum atomic E-state index is 12.8. The minimum atomic E-state index is -4.53. The molecule has 0 N–H and O–H groups in total. The summed E-state index contributed by atoms with van der Waals surface area (Å²) in [5.41, 5.74) is -1.15. The SMILES string of the molecule is CC(C)(C)OC(=O)N1CCC[C@H]2Oc3nc(C(F)(F)F)ccc3[C@H]21. The summed E-state index contributed by atoms with van der Waals surface area (Å²) in [7, 11) is 0. The molecule has 0 unspecified atom stereocenters. The molecular formula is C16H19F3N2O3. The first kappa shape index (κ1) is 16.9. The van der Waals surface area contributed by atoms with Crippen molar-refractivity contribution in [3.63, 3.8) is 0 Å². The number of hydrogen-bond donors (Lipinski definition) is 0. The van der Waals surface area contributed by atoms with E-state index in [0.717, 1.165) is 6.07 Å². The lowest BCUT2D eigenvalue weighted by Crippen LogP contribution is -2.46. The van der Waals surface area contributed by atoms with Gasteiger partial charge in [0.05, 0.1) is 0 Å². The molecule has 0 aliphatic carbocycles. The average molecular weight is 344 g/mol. The summed E-state index contributed by atoms with van der Waals surface area (Å²) < 4.78 is 49.5. The molecule has 0 saturated carbocycles. The number of halogens is 3. The lowest BCUT2D eigenvalue weighted by atomic mass is 9.95. The minimum absolute atomic E-state index is 0.0460. The van der Waals surface area contributed by atoms with Gasteiger partial charge >= 0.3 is 12.3 Å². The number of rotatable bonds is 0. The van der Waals surface area contributed by atoms with Gasteiger partial charge in [0, 0.05) is 12.1 Å². The first-order chi connectivity index (χ1) is 11.1. The second-order valence-electron chi connectivity index (χ2n) is 7.01. The summed E-state index contributed by atoms with van der Waals surface area (Å²) in [5, 5.41) is 0. The Balaban J connectivity index is 1.90. The summed E-state index contributed by atoms with van der Waals surface area (Å²) in [6.07, 6.45) is -4.06. The predicted molar refractivity (Wildman–Crippen MR) is 78.6 cm³/mol. The normalized spacial score (nSPS) is 23.3. The molecule has 24 heavy (non-hydrogen) atoms. The van der Waals surface area contributed by atoms with E-state index < -0.39 is 35.7 Å². The smallest absolute Gasteiger partial charge is 0.433 e. The van der Waals surface area contributed by atoms with Gasteiger partial charge in [0.15, 0.2) is 0 Å². The quantitative estimate of drug-likeness (QED) is 0.715. The molecule has 5 nitrogen and oxygen atoms in total. The van der Waals surface area contributed by atoms with Crippen LogP contribution in [-0.2, 0) is 10.9 Å². The van der Waals surface area contributed by atoms with E-state index >= 15 is 0 Å². The highest BCUT2D eigenvalue weighted by molar-refractivity contribution is 5.69.